The van der Waals surface area contributed by atoms with Crippen molar-refractivity contribution in [2.75, 3.05) is 5.32 Å². The number of benzene rings is 2. The molecule has 6 heteroatoms. The zero-order valence-corrected chi connectivity index (χ0v) is 17.5. The molecular weight excluding hydrogens is 366 g/mol. The molecular formula is C23H27N3O3. The van der Waals surface area contributed by atoms with Gasteiger partial charge in [0.1, 0.15) is 11.5 Å². The zero-order valence-electron chi connectivity index (χ0n) is 17.5. The van der Waals surface area contributed by atoms with Gasteiger partial charge < -0.3 is 15.2 Å². The molecule has 0 fully saturated rings. The van der Waals surface area contributed by atoms with Gasteiger partial charge in [0, 0.05) is 11.9 Å². The molecule has 0 atom stereocenters. The van der Waals surface area contributed by atoms with Crippen molar-refractivity contribution in [2.24, 2.45) is 0 Å². The summed E-state index contributed by atoms with van der Waals surface area (Å²) in [5.41, 5.74) is 4.71. The maximum Gasteiger partial charge on any atom is 0.276 e. The highest BCUT2D eigenvalue weighted by atomic mass is 16.5. The molecule has 29 heavy (non-hydrogen) atoms. The van der Waals surface area contributed by atoms with Gasteiger partial charge >= 0.3 is 0 Å². The fourth-order valence-electron chi connectivity index (χ4n) is 3.05. The molecule has 0 saturated heterocycles. The van der Waals surface area contributed by atoms with E-state index in [1.54, 1.807) is 23.0 Å². The fourth-order valence-corrected chi connectivity index (χ4v) is 3.05. The van der Waals surface area contributed by atoms with Crippen molar-refractivity contribution in [3.63, 3.8) is 0 Å². The molecule has 152 valence electrons. The predicted octanol–water partition coefficient (Wildman–Crippen LogP) is 4.93. The second-order valence-electron chi connectivity index (χ2n) is 7.62. The van der Waals surface area contributed by atoms with Crippen molar-refractivity contribution in [3.05, 3.63) is 70.5 Å². The molecule has 0 radical (unpaired) electrons. The van der Waals surface area contributed by atoms with Crippen molar-refractivity contribution in [1.82, 2.24) is 9.78 Å². The summed E-state index contributed by atoms with van der Waals surface area (Å²) in [6, 6.07) is 11.2. The summed E-state index contributed by atoms with van der Waals surface area (Å²) in [6.07, 6.45) is 1.71. The number of anilines is 1. The zero-order chi connectivity index (χ0) is 21.1. The largest absolute Gasteiger partial charge is 0.508 e. The van der Waals surface area contributed by atoms with E-state index in [-0.39, 0.29) is 24.3 Å². The molecule has 1 heterocycles. The smallest absolute Gasteiger partial charge is 0.276 e. The lowest BCUT2D eigenvalue weighted by Crippen LogP contribution is -2.15. The predicted molar refractivity (Wildman–Crippen MR) is 114 cm³/mol. The first-order valence-electron chi connectivity index (χ1n) is 9.63. The van der Waals surface area contributed by atoms with E-state index in [4.69, 9.17) is 4.74 Å². The first-order valence-corrected chi connectivity index (χ1v) is 9.63. The van der Waals surface area contributed by atoms with E-state index < -0.39 is 0 Å². The van der Waals surface area contributed by atoms with Gasteiger partial charge in [0.15, 0.2) is 12.4 Å². The number of nitrogens with zero attached hydrogens (tertiary/aromatic N) is 2. The molecule has 0 aliphatic rings. The van der Waals surface area contributed by atoms with Crippen molar-refractivity contribution >= 4 is 11.6 Å². The number of hydrogen-bond donors (Lipinski definition) is 2. The molecule has 1 aromatic heterocycles. The Morgan fingerprint density at radius 1 is 1.14 bits per heavy atom. The Balaban J connectivity index is 1.70. The van der Waals surface area contributed by atoms with Gasteiger partial charge in [-0.1, -0.05) is 26.0 Å². The number of amides is 1. The first kappa shape index (κ1) is 20.5. The highest BCUT2D eigenvalue weighted by Gasteiger charge is 2.15. The number of rotatable bonds is 6. The normalized spacial score (nSPS) is 11.0. The summed E-state index contributed by atoms with van der Waals surface area (Å²) in [6.45, 7) is 10.0. The monoisotopic (exact) mass is 393 g/mol. The number of aromatic hydroxyl groups is 1. The summed E-state index contributed by atoms with van der Waals surface area (Å²) >= 11 is 0. The lowest BCUT2D eigenvalue weighted by Gasteiger charge is -2.14. The number of aryl methyl sites for hydroxylation is 3. The van der Waals surface area contributed by atoms with Gasteiger partial charge in [0.25, 0.3) is 5.91 Å². The Bertz CT molecular complexity index is 1040. The standard InChI is InChI=1S/C23H27N3O3/c1-14(2)18-12-20(17(5)11-21(18)27)24-23(28)19-8-9-26(25-19)13-29-22-10-15(3)6-7-16(22)4/h6-12,14,27H,13H2,1-5H3,(H,24,28). The highest BCUT2D eigenvalue weighted by molar-refractivity contribution is 6.03. The summed E-state index contributed by atoms with van der Waals surface area (Å²) in [7, 11) is 0. The van der Waals surface area contributed by atoms with Crippen LogP contribution in [0.2, 0.25) is 0 Å². The van der Waals surface area contributed by atoms with Crippen molar-refractivity contribution < 1.29 is 14.6 Å². The van der Waals surface area contributed by atoms with Crippen LogP contribution >= 0.6 is 0 Å². The number of phenolic OH excluding ortho intramolecular Hbond substituents is 1. The number of aromatic nitrogens is 2. The minimum atomic E-state index is -0.306. The molecule has 0 unspecified atom stereocenters. The average Bonchev–Trinajstić information content (AvgIpc) is 3.13. The van der Waals surface area contributed by atoms with E-state index >= 15 is 0 Å². The van der Waals surface area contributed by atoms with Crippen LogP contribution in [0.1, 0.15) is 52.5 Å². The fraction of sp³-hybridized carbons (Fsp3) is 0.304. The maximum atomic E-state index is 12.6. The average molecular weight is 393 g/mol. The van der Waals surface area contributed by atoms with Gasteiger partial charge in [-0.2, -0.15) is 5.10 Å². The Labute approximate surface area is 171 Å². The van der Waals surface area contributed by atoms with Gasteiger partial charge in [-0.05, 0) is 73.2 Å². The number of ether oxygens (including phenoxy) is 1. The molecule has 6 nitrogen and oxygen atoms in total. The van der Waals surface area contributed by atoms with Crippen LogP contribution in [0.3, 0.4) is 0 Å². The van der Waals surface area contributed by atoms with Crippen LogP contribution in [0.25, 0.3) is 0 Å². The van der Waals surface area contributed by atoms with Crippen molar-refractivity contribution in [1.29, 1.82) is 0 Å². The van der Waals surface area contributed by atoms with Crippen LogP contribution in [-0.4, -0.2) is 20.8 Å². The maximum absolute atomic E-state index is 12.6. The van der Waals surface area contributed by atoms with Crippen molar-refractivity contribution in [3.8, 4) is 11.5 Å². The van der Waals surface area contributed by atoms with Crippen LogP contribution in [0.4, 0.5) is 5.69 Å². The summed E-state index contributed by atoms with van der Waals surface area (Å²) in [4.78, 5) is 12.6. The number of nitrogens with one attached hydrogen (secondary N) is 1. The SMILES string of the molecule is Cc1ccc(C)c(OCn2ccc(C(=O)Nc3cc(C(C)C)c(O)cc3C)n2)c1. The summed E-state index contributed by atoms with van der Waals surface area (Å²) < 4.78 is 7.41. The van der Waals surface area contributed by atoms with Crippen LogP contribution in [0, 0.1) is 20.8 Å². The van der Waals surface area contributed by atoms with Crippen LogP contribution in [0.15, 0.2) is 42.6 Å². The number of phenols is 1. The van der Waals surface area contributed by atoms with Crippen LogP contribution < -0.4 is 10.1 Å². The van der Waals surface area contributed by atoms with E-state index in [9.17, 15) is 9.90 Å². The molecule has 0 bridgehead atoms. The molecule has 0 aliphatic heterocycles. The molecule has 0 aliphatic carbocycles. The van der Waals surface area contributed by atoms with E-state index in [1.807, 2.05) is 58.9 Å². The van der Waals surface area contributed by atoms with Gasteiger partial charge in [-0.25, -0.2) is 4.68 Å². The Morgan fingerprint density at radius 3 is 2.62 bits per heavy atom. The number of hydrogen-bond acceptors (Lipinski definition) is 4. The molecule has 0 saturated carbocycles. The van der Waals surface area contributed by atoms with Gasteiger partial charge in [0.2, 0.25) is 0 Å². The molecule has 2 N–H and O–H groups in total. The van der Waals surface area contributed by atoms with E-state index in [2.05, 4.69) is 10.4 Å². The Morgan fingerprint density at radius 2 is 1.90 bits per heavy atom. The quantitative estimate of drug-likeness (QED) is 0.583. The third kappa shape index (κ3) is 4.77. The number of carbonyl (C=O) groups excluding carboxylic acids is 1. The second kappa shape index (κ2) is 8.39. The topological polar surface area (TPSA) is 76.4 Å². The van der Waals surface area contributed by atoms with Crippen LogP contribution in [0.5, 0.6) is 11.5 Å². The van der Waals surface area contributed by atoms with E-state index in [0.29, 0.717) is 11.4 Å². The molecule has 3 rings (SSSR count). The van der Waals surface area contributed by atoms with E-state index in [0.717, 1.165) is 28.0 Å². The molecule has 1 amide bonds. The van der Waals surface area contributed by atoms with Crippen LogP contribution in [-0.2, 0) is 6.73 Å². The Hall–Kier alpha value is -3.28. The number of carbonyl (C=O) groups is 1. The first-order chi connectivity index (χ1) is 13.7. The van der Waals surface area contributed by atoms with Gasteiger partial charge in [0.05, 0.1) is 0 Å². The molecule has 0 spiro atoms. The van der Waals surface area contributed by atoms with E-state index in [1.165, 1.54) is 0 Å². The summed E-state index contributed by atoms with van der Waals surface area (Å²) in [5.74, 6) is 0.877. The summed E-state index contributed by atoms with van der Waals surface area (Å²) in [5, 5.41) is 17.3. The molecule has 2 aromatic carbocycles. The minimum absolute atomic E-state index is 0.146. The lowest BCUT2D eigenvalue weighted by atomic mass is 9.99. The highest BCUT2D eigenvalue weighted by Crippen LogP contribution is 2.31. The third-order valence-electron chi connectivity index (χ3n) is 4.81. The Kier molecular flexibility index (Phi) is 5.92. The lowest BCUT2D eigenvalue weighted by molar-refractivity contribution is 0.102. The van der Waals surface area contributed by atoms with Gasteiger partial charge in [-0.15, -0.1) is 0 Å². The third-order valence-corrected chi connectivity index (χ3v) is 4.81. The minimum Gasteiger partial charge on any atom is -0.508 e. The molecule has 3 aromatic rings. The van der Waals surface area contributed by atoms with Crippen molar-refractivity contribution in [2.45, 2.75) is 47.3 Å². The second-order valence-corrected chi connectivity index (χ2v) is 7.62. The van der Waals surface area contributed by atoms with Gasteiger partial charge in [-0.3, -0.25) is 4.79 Å².